The van der Waals surface area contributed by atoms with Gasteiger partial charge in [-0.25, -0.2) is 18.6 Å². The largest absolute Gasteiger partial charge is 0.503 e. The van der Waals surface area contributed by atoms with Crippen LogP contribution >= 0.6 is 11.6 Å². The number of urea groups is 1. The molecule has 0 unspecified atom stereocenters. The summed E-state index contributed by atoms with van der Waals surface area (Å²) in [6.07, 6.45) is 3.57. The maximum atomic E-state index is 14.6. The van der Waals surface area contributed by atoms with E-state index in [0.29, 0.717) is 23.9 Å². The number of phenols is 1. The van der Waals surface area contributed by atoms with Crippen molar-refractivity contribution in [1.29, 1.82) is 0 Å². The molecule has 33 heavy (non-hydrogen) atoms. The standard InChI is InChI=1S/C22H29ClF2N6O2/c1-4-29(5-2)10-8-7-9-26-21-27-12-14-13-31(22(33)30(6-3)20(14)28-21)18-15(23)11-16(24)19(32)17(18)25/h11-12,32H,4-10,13H2,1-3H3,(H,26,27,28). The molecule has 2 aromatic rings. The first kappa shape index (κ1) is 24.9. The number of hydrogen-bond acceptors (Lipinski definition) is 6. The van der Waals surface area contributed by atoms with E-state index >= 15 is 0 Å². The highest BCUT2D eigenvalue weighted by molar-refractivity contribution is 6.34. The van der Waals surface area contributed by atoms with Gasteiger partial charge in [-0.3, -0.25) is 9.80 Å². The molecule has 0 aliphatic carbocycles. The first-order valence-corrected chi connectivity index (χ1v) is 11.5. The van der Waals surface area contributed by atoms with Crippen molar-refractivity contribution < 1.29 is 18.7 Å². The van der Waals surface area contributed by atoms with Crippen LogP contribution in [-0.4, -0.2) is 58.7 Å². The van der Waals surface area contributed by atoms with Gasteiger partial charge in [0, 0.05) is 24.8 Å². The summed E-state index contributed by atoms with van der Waals surface area (Å²) < 4.78 is 28.2. The molecule has 3 rings (SSSR count). The molecular weight excluding hydrogens is 454 g/mol. The Morgan fingerprint density at radius 1 is 1.24 bits per heavy atom. The van der Waals surface area contributed by atoms with Crippen molar-refractivity contribution in [3.05, 3.63) is 34.5 Å². The molecule has 1 aliphatic rings. The van der Waals surface area contributed by atoms with E-state index in [1.54, 1.807) is 13.1 Å². The fraction of sp³-hybridized carbons (Fsp3) is 0.500. The third-order valence-electron chi connectivity index (χ3n) is 5.67. The molecular formula is C22H29ClF2N6O2. The summed E-state index contributed by atoms with van der Waals surface area (Å²) in [5, 5.41) is 12.5. The van der Waals surface area contributed by atoms with E-state index in [1.807, 2.05) is 0 Å². The number of rotatable bonds is 10. The molecule has 0 bridgehead atoms. The molecule has 0 saturated carbocycles. The number of aromatic hydroxyl groups is 1. The zero-order valence-corrected chi connectivity index (χ0v) is 19.8. The zero-order chi connectivity index (χ0) is 24.1. The van der Waals surface area contributed by atoms with Gasteiger partial charge < -0.3 is 15.3 Å². The van der Waals surface area contributed by atoms with Gasteiger partial charge in [-0.2, -0.15) is 4.98 Å². The molecule has 0 atom stereocenters. The van der Waals surface area contributed by atoms with E-state index in [-0.39, 0.29) is 23.8 Å². The maximum Gasteiger partial charge on any atom is 0.330 e. The van der Waals surface area contributed by atoms with Crippen molar-refractivity contribution in [3.8, 4) is 5.75 Å². The third kappa shape index (κ3) is 5.27. The van der Waals surface area contributed by atoms with Gasteiger partial charge in [0.1, 0.15) is 11.5 Å². The second-order valence-corrected chi connectivity index (χ2v) is 8.07. The van der Waals surface area contributed by atoms with E-state index in [4.69, 9.17) is 11.6 Å². The lowest BCUT2D eigenvalue weighted by Gasteiger charge is -2.36. The average molecular weight is 483 g/mol. The molecule has 0 fully saturated rings. The number of hydrogen-bond donors (Lipinski definition) is 2. The molecule has 2 N–H and O–H groups in total. The van der Waals surface area contributed by atoms with Crippen molar-refractivity contribution in [3.63, 3.8) is 0 Å². The van der Waals surface area contributed by atoms with Gasteiger partial charge in [-0.1, -0.05) is 25.4 Å². The third-order valence-corrected chi connectivity index (χ3v) is 5.96. The predicted octanol–water partition coefficient (Wildman–Crippen LogP) is 4.61. The number of phenolic OH excluding ortho intramolecular Hbond substituents is 1. The second-order valence-electron chi connectivity index (χ2n) is 7.67. The molecule has 0 saturated heterocycles. The van der Waals surface area contributed by atoms with Crippen LogP contribution in [0.2, 0.25) is 5.02 Å². The van der Waals surface area contributed by atoms with Crippen LogP contribution in [0.3, 0.4) is 0 Å². The first-order chi connectivity index (χ1) is 15.8. The number of anilines is 3. The summed E-state index contributed by atoms with van der Waals surface area (Å²) in [5.74, 6) is -2.86. The minimum absolute atomic E-state index is 0.0729. The summed E-state index contributed by atoms with van der Waals surface area (Å²) in [6.45, 7) is 10.0. The monoisotopic (exact) mass is 482 g/mol. The van der Waals surface area contributed by atoms with Gasteiger partial charge in [0.05, 0.1) is 11.6 Å². The van der Waals surface area contributed by atoms with E-state index in [2.05, 4.69) is 34.0 Å². The maximum absolute atomic E-state index is 14.6. The minimum Gasteiger partial charge on any atom is -0.503 e. The lowest BCUT2D eigenvalue weighted by Crippen LogP contribution is -2.48. The summed E-state index contributed by atoms with van der Waals surface area (Å²) in [6, 6.07) is 0.193. The number of carbonyl (C=O) groups excluding carboxylic acids is 1. The lowest BCUT2D eigenvalue weighted by molar-refractivity contribution is 0.250. The van der Waals surface area contributed by atoms with Crippen LogP contribution in [0.15, 0.2) is 12.3 Å². The number of nitrogens with one attached hydrogen (secondary N) is 1. The van der Waals surface area contributed by atoms with Gasteiger partial charge in [-0.15, -0.1) is 0 Å². The number of unbranched alkanes of at least 4 members (excludes halogenated alkanes) is 1. The smallest absolute Gasteiger partial charge is 0.330 e. The number of fused-ring (bicyclic) bond motifs is 1. The van der Waals surface area contributed by atoms with Crippen molar-refractivity contribution in [2.45, 2.75) is 40.2 Å². The Morgan fingerprint density at radius 3 is 2.64 bits per heavy atom. The summed E-state index contributed by atoms with van der Waals surface area (Å²) in [4.78, 5) is 26.7. The van der Waals surface area contributed by atoms with Crippen LogP contribution in [0.1, 0.15) is 39.2 Å². The van der Waals surface area contributed by atoms with Crippen LogP contribution < -0.4 is 15.1 Å². The van der Waals surface area contributed by atoms with Crippen molar-refractivity contribution in [2.24, 2.45) is 0 Å². The number of carbonyl (C=O) groups is 1. The van der Waals surface area contributed by atoms with E-state index in [1.165, 1.54) is 4.90 Å². The van der Waals surface area contributed by atoms with Crippen molar-refractivity contribution in [2.75, 3.05) is 47.8 Å². The van der Waals surface area contributed by atoms with E-state index in [9.17, 15) is 18.7 Å². The number of nitrogens with zero attached hydrogens (tertiary/aromatic N) is 5. The Bertz CT molecular complexity index is 1010. The predicted molar refractivity (Wildman–Crippen MR) is 125 cm³/mol. The van der Waals surface area contributed by atoms with E-state index in [0.717, 1.165) is 43.4 Å². The van der Waals surface area contributed by atoms with Gasteiger partial charge in [0.2, 0.25) is 5.95 Å². The molecule has 1 aromatic heterocycles. The van der Waals surface area contributed by atoms with Crippen LogP contribution in [0.4, 0.5) is 31.0 Å². The number of aromatic nitrogens is 2. The molecule has 11 heteroatoms. The van der Waals surface area contributed by atoms with Gasteiger partial charge in [-0.05, 0) is 45.5 Å². The van der Waals surface area contributed by atoms with Gasteiger partial charge in [0.15, 0.2) is 17.4 Å². The Balaban J connectivity index is 1.76. The minimum atomic E-state index is -1.29. The summed E-state index contributed by atoms with van der Waals surface area (Å²) >= 11 is 6.02. The van der Waals surface area contributed by atoms with Crippen LogP contribution in [-0.2, 0) is 6.54 Å². The fourth-order valence-electron chi connectivity index (χ4n) is 3.78. The SMILES string of the molecule is CCN(CC)CCCCNc1ncc2c(n1)N(CC)C(=O)N(c1c(Cl)cc(F)c(O)c1F)C2. The number of amides is 2. The summed E-state index contributed by atoms with van der Waals surface area (Å²) in [7, 11) is 0. The Morgan fingerprint density at radius 2 is 1.97 bits per heavy atom. The lowest BCUT2D eigenvalue weighted by atomic mass is 10.1. The van der Waals surface area contributed by atoms with Crippen molar-refractivity contribution in [1.82, 2.24) is 14.9 Å². The first-order valence-electron chi connectivity index (χ1n) is 11.1. The molecule has 180 valence electrons. The number of halogens is 3. The highest BCUT2D eigenvalue weighted by Gasteiger charge is 2.35. The van der Waals surface area contributed by atoms with Crippen LogP contribution in [0.5, 0.6) is 5.75 Å². The highest BCUT2D eigenvalue weighted by atomic mass is 35.5. The molecule has 2 heterocycles. The molecule has 2 amide bonds. The second kappa shape index (κ2) is 10.9. The molecule has 1 aromatic carbocycles. The average Bonchev–Trinajstić information content (AvgIpc) is 2.80. The zero-order valence-electron chi connectivity index (χ0n) is 19.0. The van der Waals surface area contributed by atoms with E-state index < -0.39 is 23.4 Å². The molecule has 8 nitrogen and oxygen atoms in total. The topological polar surface area (TPSA) is 84.8 Å². The Kier molecular flexibility index (Phi) is 8.25. The van der Waals surface area contributed by atoms with Crippen LogP contribution in [0.25, 0.3) is 0 Å². The normalized spacial score (nSPS) is 13.6. The van der Waals surface area contributed by atoms with Crippen molar-refractivity contribution >= 4 is 35.1 Å². The van der Waals surface area contributed by atoms with Gasteiger partial charge in [0.25, 0.3) is 0 Å². The summed E-state index contributed by atoms with van der Waals surface area (Å²) in [5.41, 5.74) is 0.183. The van der Waals surface area contributed by atoms with Crippen LogP contribution in [0, 0.1) is 11.6 Å². The Hall–Kier alpha value is -2.72. The van der Waals surface area contributed by atoms with Gasteiger partial charge >= 0.3 is 6.03 Å². The molecule has 1 aliphatic heterocycles. The Labute approximate surface area is 197 Å². The highest BCUT2D eigenvalue weighted by Crippen LogP contribution is 2.40. The molecule has 0 spiro atoms. The fourth-order valence-corrected chi connectivity index (χ4v) is 4.06. The molecule has 0 radical (unpaired) electrons. The quantitative estimate of drug-likeness (QED) is 0.481. The number of benzene rings is 1.